The van der Waals surface area contributed by atoms with Crippen LogP contribution in [0.1, 0.15) is 24.2 Å². The van der Waals surface area contributed by atoms with Gasteiger partial charge < -0.3 is 15.4 Å². The van der Waals surface area contributed by atoms with Crippen LogP contribution in [0, 0.1) is 0 Å². The topological polar surface area (TPSA) is 119 Å². The Morgan fingerprint density at radius 1 is 1.20 bits per heavy atom. The number of rotatable bonds is 6. The number of amides is 2. The van der Waals surface area contributed by atoms with Crippen LogP contribution in [-0.2, 0) is 19.4 Å². The van der Waals surface area contributed by atoms with Crippen molar-refractivity contribution in [3.63, 3.8) is 0 Å². The van der Waals surface area contributed by atoms with E-state index in [-0.39, 0.29) is 17.2 Å². The Morgan fingerprint density at radius 3 is 2.53 bits per heavy atom. The fourth-order valence-electron chi connectivity index (χ4n) is 2.80. The molecule has 0 fully saturated rings. The van der Waals surface area contributed by atoms with Gasteiger partial charge in [-0.2, -0.15) is 0 Å². The monoisotopic (exact) mass is 450 g/mol. The van der Waals surface area contributed by atoms with Gasteiger partial charge in [-0.15, -0.1) is 0 Å². The molecule has 8 nitrogen and oxygen atoms in total. The molecule has 0 spiro atoms. The molecule has 1 heterocycles. The Bertz CT molecular complexity index is 1110. The van der Waals surface area contributed by atoms with Crippen LogP contribution in [0.25, 0.3) is 0 Å². The number of ketones is 1. The summed E-state index contributed by atoms with van der Waals surface area (Å²) in [4.78, 5) is 36.6. The molecule has 3 rings (SSSR count). The van der Waals surface area contributed by atoms with Crippen LogP contribution in [0.3, 0.4) is 0 Å². The van der Waals surface area contributed by atoms with Crippen molar-refractivity contribution in [3.8, 4) is 5.75 Å². The number of ether oxygens (including phenoxy) is 1. The zero-order chi connectivity index (χ0) is 22.1. The molecule has 0 saturated heterocycles. The molecule has 0 aromatic heterocycles. The number of sulfone groups is 1. The first-order chi connectivity index (χ1) is 14.1. The van der Waals surface area contributed by atoms with E-state index in [2.05, 4.69) is 10.6 Å². The van der Waals surface area contributed by atoms with E-state index in [0.29, 0.717) is 16.5 Å². The lowest BCUT2D eigenvalue weighted by Crippen LogP contribution is -2.35. The molecule has 2 atom stereocenters. The quantitative estimate of drug-likeness (QED) is 0.653. The van der Waals surface area contributed by atoms with Crippen LogP contribution >= 0.6 is 11.6 Å². The molecule has 2 N–H and O–H groups in total. The van der Waals surface area contributed by atoms with E-state index in [4.69, 9.17) is 16.3 Å². The van der Waals surface area contributed by atoms with E-state index in [9.17, 15) is 22.8 Å². The number of hydrogen-bond donors (Lipinski definition) is 2. The molecule has 2 aromatic rings. The van der Waals surface area contributed by atoms with Crippen LogP contribution < -0.4 is 15.4 Å². The van der Waals surface area contributed by atoms with Gasteiger partial charge in [-0.25, -0.2) is 8.42 Å². The molecule has 30 heavy (non-hydrogen) atoms. The highest BCUT2D eigenvalue weighted by Crippen LogP contribution is 2.31. The molecule has 0 aliphatic carbocycles. The third-order valence-corrected chi connectivity index (χ3v) is 6.77. The number of carbonyl (C=O) groups is 3. The fraction of sp³-hybridized carbons (Fsp3) is 0.250. The van der Waals surface area contributed by atoms with Gasteiger partial charge in [0.25, 0.3) is 5.91 Å². The number of fused-ring (bicyclic) bond motifs is 1. The van der Waals surface area contributed by atoms with Crippen LogP contribution in [0.4, 0.5) is 11.4 Å². The maximum atomic E-state index is 12.7. The Kier molecular flexibility index (Phi) is 6.14. The predicted molar refractivity (Wildman–Crippen MR) is 113 cm³/mol. The van der Waals surface area contributed by atoms with Crippen molar-refractivity contribution in [2.24, 2.45) is 0 Å². The minimum atomic E-state index is -4.08. The van der Waals surface area contributed by atoms with Crippen LogP contribution in [0.15, 0.2) is 42.5 Å². The van der Waals surface area contributed by atoms with Gasteiger partial charge in [0.2, 0.25) is 5.91 Å². The van der Waals surface area contributed by atoms with Gasteiger partial charge in [0.1, 0.15) is 16.8 Å². The number of Topliss-reactive ketones (excluding diaryl/α,β-unsaturated/α-hetero) is 1. The summed E-state index contributed by atoms with van der Waals surface area (Å²) in [5.41, 5.74) is 0.758. The molecule has 1 aliphatic rings. The van der Waals surface area contributed by atoms with Crippen LogP contribution in [0.2, 0.25) is 5.02 Å². The molecule has 0 bridgehead atoms. The third-order valence-electron chi connectivity index (χ3n) is 4.56. The highest BCUT2D eigenvalue weighted by atomic mass is 35.5. The average Bonchev–Trinajstić information content (AvgIpc) is 2.68. The number of hydrogen-bond acceptors (Lipinski definition) is 6. The van der Waals surface area contributed by atoms with Crippen LogP contribution in [0.5, 0.6) is 5.75 Å². The van der Waals surface area contributed by atoms with E-state index < -0.39 is 38.6 Å². The maximum Gasteiger partial charge on any atom is 0.265 e. The van der Waals surface area contributed by atoms with Crippen molar-refractivity contribution >= 4 is 50.4 Å². The Morgan fingerprint density at radius 2 is 1.87 bits per heavy atom. The minimum absolute atomic E-state index is 0.0846. The molecule has 158 valence electrons. The Balaban J connectivity index is 1.71. The van der Waals surface area contributed by atoms with Gasteiger partial charge in [0.05, 0.1) is 5.69 Å². The Hall–Kier alpha value is -2.91. The Labute approximate surface area is 178 Å². The van der Waals surface area contributed by atoms with Crippen LogP contribution in [-0.4, -0.2) is 43.1 Å². The van der Waals surface area contributed by atoms with E-state index in [1.165, 1.54) is 37.3 Å². The van der Waals surface area contributed by atoms with E-state index in [1.54, 1.807) is 19.1 Å². The predicted octanol–water partition coefficient (Wildman–Crippen LogP) is 2.68. The molecule has 2 aromatic carbocycles. The van der Waals surface area contributed by atoms with E-state index in [1.807, 2.05) is 0 Å². The molecule has 10 heteroatoms. The maximum absolute atomic E-state index is 12.7. The van der Waals surface area contributed by atoms with Crippen molar-refractivity contribution < 1.29 is 27.5 Å². The first kappa shape index (κ1) is 21.8. The van der Waals surface area contributed by atoms with Crippen molar-refractivity contribution in [2.75, 3.05) is 16.4 Å². The number of benzene rings is 2. The lowest BCUT2D eigenvalue weighted by atomic mass is 10.1. The molecular weight excluding hydrogens is 432 g/mol. The first-order valence-corrected chi connectivity index (χ1v) is 11.1. The summed E-state index contributed by atoms with van der Waals surface area (Å²) >= 11 is 5.77. The third kappa shape index (κ3) is 4.80. The summed E-state index contributed by atoms with van der Waals surface area (Å²) in [5.74, 6) is -2.30. The molecular formula is C20H19ClN2O6S. The zero-order valence-corrected chi connectivity index (χ0v) is 17.7. The number of halogens is 1. The largest absolute Gasteiger partial charge is 0.479 e. The van der Waals surface area contributed by atoms with Gasteiger partial charge in [0, 0.05) is 16.3 Å². The smallest absolute Gasteiger partial charge is 0.265 e. The highest BCUT2D eigenvalue weighted by Gasteiger charge is 2.32. The number of carbonyl (C=O) groups excluding carboxylic acids is 3. The number of anilines is 2. The normalized spacial score (nSPS) is 16.6. The van der Waals surface area contributed by atoms with Gasteiger partial charge in [0.15, 0.2) is 21.7 Å². The zero-order valence-electron chi connectivity index (χ0n) is 16.1. The van der Waals surface area contributed by atoms with Gasteiger partial charge in [-0.05, 0) is 56.3 Å². The van der Waals surface area contributed by atoms with E-state index in [0.717, 1.165) is 0 Å². The molecule has 0 radical (unpaired) electrons. The molecule has 0 saturated carbocycles. The van der Waals surface area contributed by atoms with Gasteiger partial charge in [-0.3, -0.25) is 14.4 Å². The average molecular weight is 451 g/mol. The summed E-state index contributed by atoms with van der Waals surface area (Å²) in [7, 11) is -4.08. The molecule has 1 aliphatic heterocycles. The summed E-state index contributed by atoms with van der Waals surface area (Å²) in [6, 6.07) is 10.4. The van der Waals surface area contributed by atoms with Crippen molar-refractivity contribution in [1.29, 1.82) is 0 Å². The van der Waals surface area contributed by atoms with E-state index >= 15 is 0 Å². The SMILES string of the molecule is CC1Oc2ccc(C(=O)C(C)S(=O)(=O)CC(=O)Nc3ccc(Cl)cc3)cc2NC1=O. The van der Waals surface area contributed by atoms with Gasteiger partial charge >= 0.3 is 0 Å². The lowest BCUT2D eigenvalue weighted by molar-refractivity contribution is -0.122. The standard InChI is InChI=1S/C20H19ClN2O6S/c1-11-20(26)23-16-9-13(3-8-17(16)29-11)19(25)12(2)30(27,28)10-18(24)22-15-6-4-14(21)5-7-15/h3-9,11-12H,10H2,1-2H3,(H,22,24)(H,23,26). The molecule has 2 unspecified atom stereocenters. The van der Waals surface area contributed by atoms with Crippen molar-refractivity contribution in [3.05, 3.63) is 53.1 Å². The van der Waals surface area contributed by atoms with Crippen molar-refractivity contribution in [1.82, 2.24) is 0 Å². The van der Waals surface area contributed by atoms with Gasteiger partial charge in [-0.1, -0.05) is 11.6 Å². The summed E-state index contributed by atoms with van der Waals surface area (Å²) < 4.78 is 30.6. The second-order valence-electron chi connectivity index (χ2n) is 6.83. The fourth-order valence-corrected chi connectivity index (χ4v) is 4.07. The highest BCUT2D eigenvalue weighted by molar-refractivity contribution is 7.93. The summed E-state index contributed by atoms with van der Waals surface area (Å²) in [6.45, 7) is 2.81. The molecule has 2 amide bonds. The number of nitrogens with one attached hydrogen (secondary N) is 2. The van der Waals surface area contributed by atoms with Crippen molar-refractivity contribution in [2.45, 2.75) is 25.2 Å². The minimum Gasteiger partial charge on any atom is -0.479 e. The first-order valence-electron chi connectivity index (χ1n) is 8.99. The lowest BCUT2D eigenvalue weighted by Gasteiger charge is -2.23. The summed E-state index contributed by atoms with van der Waals surface area (Å²) in [6.07, 6.45) is -0.669. The second kappa shape index (κ2) is 8.45. The summed E-state index contributed by atoms with van der Waals surface area (Å²) in [5, 5.41) is 4.08. The second-order valence-corrected chi connectivity index (χ2v) is 9.59.